The number of ether oxygens (including phenoxy) is 1. The Morgan fingerprint density at radius 1 is 0.942 bits per heavy atom. The van der Waals surface area contributed by atoms with Gasteiger partial charge in [0.25, 0.3) is 5.91 Å². The van der Waals surface area contributed by atoms with E-state index in [-0.39, 0.29) is 43.2 Å². The Labute approximate surface area is 306 Å². The van der Waals surface area contributed by atoms with Crippen LogP contribution < -0.4 is 21.3 Å². The lowest BCUT2D eigenvalue weighted by atomic mass is 9.96. The molecule has 4 N–H and O–H groups in total. The van der Waals surface area contributed by atoms with Crippen molar-refractivity contribution in [1.29, 1.82) is 0 Å². The summed E-state index contributed by atoms with van der Waals surface area (Å²) >= 11 is 0. The maximum absolute atomic E-state index is 13.0. The average molecular weight is 723 g/mol. The number of hydrogen-bond donors (Lipinski definition) is 4. The van der Waals surface area contributed by atoms with E-state index in [2.05, 4.69) is 21.3 Å². The molecule has 1 fully saturated rings. The SMILES string of the molecule is C/C=C1/C=CC(=O)N1CCCCCC(=O)NC(C(=O)NCC(=O)Nc1ccc(COC(=O)N2CCC[C@@]2(C)C(=O)N[C@H](C=O)C(C)C)cc1)C(C)C. The van der Waals surface area contributed by atoms with Gasteiger partial charge in [-0.3, -0.25) is 28.9 Å². The lowest BCUT2D eigenvalue weighted by Gasteiger charge is -2.34. The number of aldehydes is 1. The number of unbranched alkanes of at least 4 members (excludes halogenated alkanes) is 2. The van der Waals surface area contributed by atoms with Gasteiger partial charge in [0.1, 0.15) is 24.5 Å². The predicted octanol–water partition coefficient (Wildman–Crippen LogP) is 3.58. The predicted molar refractivity (Wildman–Crippen MR) is 195 cm³/mol. The minimum absolute atomic E-state index is 0.0384. The highest BCUT2D eigenvalue weighted by Gasteiger charge is 2.47. The summed E-state index contributed by atoms with van der Waals surface area (Å²) in [6.45, 7) is 11.4. The molecule has 6 amide bonds. The molecule has 2 heterocycles. The number of likely N-dealkylation sites (tertiary alicyclic amines) is 1. The Morgan fingerprint density at radius 2 is 1.65 bits per heavy atom. The van der Waals surface area contributed by atoms with E-state index >= 15 is 0 Å². The number of benzene rings is 1. The van der Waals surface area contributed by atoms with Crippen LogP contribution in [0.3, 0.4) is 0 Å². The summed E-state index contributed by atoms with van der Waals surface area (Å²) in [6, 6.07) is 5.17. The molecule has 1 aromatic carbocycles. The lowest BCUT2D eigenvalue weighted by Crippen LogP contribution is -2.58. The molecule has 1 aromatic rings. The van der Waals surface area contributed by atoms with Crippen molar-refractivity contribution in [2.45, 2.75) is 104 Å². The molecule has 14 nitrogen and oxygen atoms in total. The molecule has 0 saturated carbocycles. The van der Waals surface area contributed by atoms with Crippen LogP contribution in [0.5, 0.6) is 0 Å². The van der Waals surface area contributed by atoms with Crippen LogP contribution in [0.25, 0.3) is 0 Å². The number of nitrogens with one attached hydrogen (secondary N) is 4. The van der Waals surface area contributed by atoms with E-state index in [1.165, 1.54) is 4.90 Å². The molecular formula is C38H54N6O8. The van der Waals surface area contributed by atoms with Gasteiger partial charge in [-0.15, -0.1) is 0 Å². The van der Waals surface area contributed by atoms with E-state index in [4.69, 9.17) is 4.74 Å². The molecule has 0 spiro atoms. The highest BCUT2D eigenvalue weighted by Crippen LogP contribution is 2.30. The minimum atomic E-state index is -1.13. The third-order valence-electron chi connectivity index (χ3n) is 9.36. The first kappa shape index (κ1) is 41.4. The van der Waals surface area contributed by atoms with Gasteiger partial charge in [0.2, 0.25) is 23.6 Å². The van der Waals surface area contributed by atoms with Crippen molar-refractivity contribution in [2.24, 2.45) is 11.8 Å². The molecule has 0 aromatic heterocycles. The van der Waals surface area contributed by atoms with Crippen LogP contribution >= 0.6 is 0 Å². The lowest BCUT2D eigenvalue weighted by molar-refractivity contribution is -0.133. The first-order chi connectivity index (χ1) is 24.7. The van der Waals surface area contributed by atoms with Crippen LogP contribution in [-0.4, -0.2) is 89.0 Å². The smallest absolute Gasteiger partial charge is 0.410 e. The Kier molecular flexibility index (Phi) is 15.6. The van der Waals surface area contributed by atoms with Gasteiger partial charge in [-0.1, -0.05) is 52.3 Å². The molecule has 14 heteroatoms. The van der Waals surface area contributed by atoms with Crippen molar-refractivity contribution in [1.82, 2.24) is 25.8 Å². The van der Waals surface area contributed by atoms with Crippen LogP contribution in [0.2, 0.25) is 0 Å². The van der Waals surface area contributed by atoms with Crippen LogP contribution in [0, 0.1) is 11.8 Å². The Morgan fingerprint density at radius 3 is 2.29 bits per heavy atom. The van der Waals surface area contributed by atoms with Crippen molar-refractivity contribution in [3.8, 4) is 0 Å². The number of amides is 6. The number of carbonyl (C=O) groups is 7. The zero-order chi connectivity index (χ0) is 38.4. The molecule has 2 aliphatic rings. The van der Waals surface area contributed by atoms with Gasteiger partial charge in [-0.05, 0) is 75.1 Å². The van der Waals surface area contributed by atoms with E-state index < -0.39 is 41.4 Å². The fourth-order valence-electron chi connectivity index (χ4n) is 6.01. The summed E-state index contributed by atoms with van der Waals surface area (Å²) in [6.07, 6.45) is 8.69. The second kappa shape index (κ2) is 19.6. The second-order valence-electron chi connectivity index (χ2n) is 14.1. The first-order valence-electron chi connectivity index (χ1n) is 18.0. The Bertz CT molecular complexity index is 1520. The monoisotopic (exact) mass is 722 g/mol. The topological polar surface area (TPSA) is 183 Å². The molecule has 0 aliphatic carbocycles. The van der Waals surface area contributed by atoms with E-state index in [1.807, 2.05) is 40.7 Å². The second-order valence-corrected chi connectivity index (χ2v) is 14.1. The van der Waals surface area contributed by atoms with Crippen LogP contribution in [0.1, 0.15) is 85.6 Å². The van der Waals surface area contributed by atoms with Crippen molar-refractivity contribution in [2.75, 3.05) is 25.0 Å². The van der Waals surface area contributed by atoms with Gasteiger partial charge < -0.3 is 35.7 Å². The summed E-state index contributed by atoms with van der Waals surface area (Å²) in [5.74, 6) is -1.93. The van der Waals surface area contributed by atoms with Crippen LogP contribution in [0.15, 0.2) is 48.2 Å². The number of hydrogen-bond acceptors (Lipinski definition) is 8. The molecule has 3 atom stereocenters. The largest absolute Gasteiger partial charge is 0.445 e. The van der Waals surface area contributed by atoms with Crippen molar-refractivity contribution >= 4 is 47.6 Å². The normalized spacial score (nSPS) is 18.8. The number of allylic oxidation sites excluding steroid dienone is 2. The molecule has 284 valence electrons. The summed E-state index contributed by atoms with van der Waals surface area (Å²) in [4.78, 5) is 90.6. The zero-order valence-corrected chi connectivity index (χ0v) is 31.2. The highest BCUT2D eigenvalue weighted by atomic mass is 16.6. The van der Waals surface area contributed by atoms with Gasteiger partial charge >= 0.3 is 6.09 Å². The molecule has 52 heavy (non-hydrogen) atoms. The molecule has 0 radical (unpaired) electrons. The average Bonchev–Trinajstić information content (AvgIpc) is 3.69. The maximum atomic E-state index is 13.0. The number of nitrogens with zero attached hydrogens (tertiary/aromatic N) is 2. The van der Waals surface area contributed by atoms with E-state index in [9.17, 15) is 33.6 Å². The minimum Gasteiger partial charge on any atom is -0.445 e. The summed E-state index contributed by atoms with van der Waals surface area (Å²) in [5.41, 5.74) is 0.863. The maximum Gasteiger partial charge on any atom is 0.410 e. The Balaban J connectivity index is 1.39. The number of carbonyl (C=O) groups excluding carboxylic acids is 7. The third kappa shape index (κ3) is 11.5. The fourth-order valence-corrected chi connectivity index (χ4v) is 6.01. The van der Waals surface area contributed by atoms with E-state index in [1.54, 1.807) is 48.2 Å². The van der Waals surface area contributed by atoms with Gasteiger partial charge in [0.15, 0.2) is 0 Å². The fraction of sp³-hybridized carbons (Fsp3) is 0.553. The number of anilines is 1. The third-order valence-corrected chi connectivity index (χ3v) is 9.36. The quantitative estimate of drug-likeness (QED) is 0.131. The molecular weight excluding hydrogens is 668 g/mol. The van der Waals surface area contributed by atoms with Gasteiger partial charge in [0, 0.05) is 37.0 Å². The van der Waals surface area contributed by atoms with Gasteiger partial charge in [-0.2, -0.15) is 0 Å². The standard InChI is InChI=1S/C38H54N6O8/c1-7-29-17-18-33(48)43(29)20-10-8-9-12-31(46)42-34(26(4)5)35(49)39-22-32(47)40-28-15-13-27(14-16-28)24-52-37(51)44-21-11-19-38(44,6)36(50)41-30(23-45)25(2)3/h7,13-18,23,25-26,30,34H,8-12,19-22,24H2,1-6H3,(H,39,49)(H,40,47)(H,41,50)(H,42,46)/b29-7-/t30-,34?,38+/m1/s1. The molecule has 1 unspecified atom stereocenters. The molecule has 3 rings (SSSR count). The number of rotatable bonds is 18. The van der Waals surface area contributed by atoms with E-state index in [0.29, 0.717) is 49.9 Å². The summed E-state index contributed by atoms with van der Waals surface area (Å²) in [7, 11) is 0. The first-order valence-corrected chi connectivity index (χ1v) is 18.0. The van der Waals surface area contributed by atoms with Crippen LogP contribution in [0.4, 0.5) is 10.5 Å². The Hall–Kier alpha value is -5.01. The van der Waals surface area contributed by atoms with Crippen molar-refractivity contribution < 1.29 is 38.3 Å². The van der Waals surface area contributed by atoms with E-state index in [0.717, 1.165) is 18.5 Å². The van der Waals surface area contributed by atoms with Crippen molar-refractivity contribution in [3.63, 3.8) is 0 Å². The highest BCUT2D eigenvalue weighted by molar-refractivity contribution is 5.96. The molecule has 0 bridgehead atoms. The molecule has 2 aliphatic heterocycles. The summed E-state index contributed by atoms with van der Waals surface area (Å²) in [5, 5.41) is 10.8. The molecule has 1 saturated heterocycles. The van der Waals surface area contributed by atoms with Crippen LogP contribution in [-0.2, 0) is 40.1 Å². The zero-order valence-electron chi connectivity index (χ0n) is 31.2. The summed E-state index contributed by atoms with van der Waals surface area (Å²) < 4.78 is 5.51. The van der Waals surface area contributed by atoms with Gasteiger partial charge in [0.05, 0.1) is 12.6 Å². The van der Waals surface area contributed by atoms with Crippen molar-refractivity contribution in [3.05, 3.63) is 53.8 Å². The van der Waals surface area contributed by atoms with Gasteiger partial charge in [-0.25, -0.2) is 4.79 Å².